The fourth-order valence-electron chi connectivity index (χ4n) is 2.12. The van der Waals surface area contributed by atoms with E-state index in [1.165, 1.54) is 58.5 Å². The number of hydrogen-bond acceptors (Lipinski definition) is 8. The van der Waals surface area contributed by atoms with E-state index in [9.17, 15) is 0 Å². The molecule has 0 rings (SSSR count). The lowest BCUT2D eigenvalue weighted by atomic mass is 10.1. The van der Waals surface area contributed by atoms with Gasteiger partial charge >= 0.3 is 0 Å². The average Bonchev–Trinajstić information content (AvgIpc) is 2.65. The minimum absolute atomic E-state index is 0.119. The van der Waals surface area contributed by atoms with Crippen molar-refractivity contribution in [3.05, 3.63) is 12.3 Å². The summed E-state index contributed by atoms with van der Waals surface area (Å²) in [6.07, 6.45) is 12.6. The van der Waals surface area contributed by atoms with Gasteiger partial charge in [-0.1, -0.05) is 78.2 Å². The molecule has 0 radical (unpaired) electrons. The third kappa shape index (κ3) is 18.1. The van der Waals surface area contributed by atoms with Crippen LogP contribution in [0.5, 0.6) is 0 Å². The molecule has 0 fully saturated rings. The third-order valence-electron chi connectivity index (χ3n) is 3.81. The van der Waals surface area contributed by atoms with Gasteiger partial charge in [0.25, 0.3) is 0 Å². The molecule has 8 nitrogen and oxygen atoms in total. The molecule has 0 amide bonds. The van der Waals surface area contributed by atoms with Crippen LogP contribution >= 0.6 is 0 Å². The van der Waals surface area contributed by atoms with Gasteiger partial charge in [0.15, 0.2) is 0 Å². The van der Waals surface area contributed by atoms with Crippen LogP contribution in [-0.2, 0) is 39.7 Å². The van der Waals surface area contributed by atoms with E-state index in [2.05, 4.69) is 43.4 Å². The fraction of sp³-hybridized carbons (Fsp3) is 0.889. The molecule has 8 heteroatoms. The smallest absolute Gasteiger partial charge is 0.143 e. The van der Waals surface area contributed by atoms with Crippen LogP contribution in [0, 0.1) is 5.92 Å². The first-order chi connectivity index (χ1) is 12.7. The van der Waals surface area contributed by atoms with Crippen LogP contribution in [0.4, 0.5) is 0 Å². The first-order valence-electron chi connectivity index (χ1n) is 9.52. The summed E-state index contributed by atoms with van der Waals surface area (Å²) in [5, 5.41) is 17.3. The average molecular weight is 380 g/mol. The Bertz CT molecular complexity index is 301. The Labute approximate surface area is 157 Å². The number of unbranched alkanes of at least 4 members (excludes halogenated alkanes) is 9. The molecule has 1 unspecified atom stereocenters. The van der Waals surface area contributed by atoms with E-state index in [4.69, 9.17) is 9.78 Å². The molecule has 0 heterocycles. The summed E-state index contributed by atoms with van der Waals surface area (Å²) >= 11 is 0. The summed E-state index contributed by atoms with van der Waals surface area (Å²) in [6.45, 7) is 8.21. The molecule has 0 spiro atoms. The van der Waals surface area contributed by atoms with E-state index in [1.807, 2.05) is 0 Å². The van der Waals surface area contributed by atoms with Gasteiger partial charge in [-0.3, -0.25) is 0 Å². The predicted octanol–water partition coefficient (Wildman–Crippen LogP) is 5.31. The van der Waals surface area contributed by atoms with Crippen LogP contribution in [0.25, 0.3) is 0 Å². The Morgan fingerprint density at radius 3 is 1.96 bits per heavy atom. The highest BCUT2D eigenvalue weighted by atomic mass is 17.8. The summed E-state index contributed by atoms with van der Waals surface area (Å²) in [5.41, 5.74) is 0. The van der Waals surface area contributed by atoms with Gasteiger partial charge in [-0.2, -0.15) is 4.89 Å². The molecule has 0 aliphatic carbocycles. The highest BCUT2D eigenvalue weighted by molar-refractivity contribution is 4.86. The van der Waals surface area contributed by atoms with Crippen molar-refractivity contribution < 1.29 is 39.7 Å². The molecule has 0 aliphatic heterocycles. The maximum Gasteiger partial charge on any atom is 0.143 e. The zero-order chi connectivity index (χ0) is 19.3. The fourth-order valence-corrected chi connectivity index (χ4v) is 2.12. The largest absolute Gasteiger partial charge is 0.313 e. The van der Waals surface area contributed by atoms with Crippen LogP contribution < -0.4 is 0 Å². The second-order valence-corrected chi connectivity index (χ2v) is 6.18. The van der Waals surface area contributed by atoms with Gasteiger partial charge in [0.1, 0.15) is 5.76 Å². The Morgan fingerprint density at radius 1 is 0.769 bits per heavy atom. The van der Waals surface area contributed by atoms with Gasteiger partial charge in [-0.15, -0.1) is 0 Å². The monoisotopic (exact) mass is 380 g/mol. The van der Waals surface area contributed by atoms with E-state index in [0.717, 1.165) is 12.8 Å². The first-order valence-corrected chi connectivity index (χ1v) is 9.52. The highest BCUT2D eigenvalue weighted by Crippen LogP contribution is 2.11. The summed E-state index contributed by atoms with van der Waals surface area (Å²) in [4.78, 5) is 18.5. The SMILES string of the molecule is C=C(OOOC)C(C)COOOOOCCCCCCCCCCCC. The molecule has 0 aliphatic rings. The highest BCUT2D eigenvalue weighted by Gasteiger charge is 2.11. The molecule has 1 atom stereocenters. The molecule has 0 saturated heterocycles. The molecular formula is C18H36O8. The van der Waals surface area contributed by atoms with Gasteiger partial charge in [0.05, 0.1) is 20.3 Å². The Balaban J connectivity index is 3.16. The van der Waals surface area contributed by atoms with Gasteiger partial charge in [0, 0.05) is 5.92 Å². The van der Waals surface area contributed by atoms with Gasteiger partial charge < -0.3 is 4.89 Å². The van der Waals surface area contributed by atoms with E-state index >= 15 is 0 Å². The van der Waals surface area contributed by atoms with Crippen molar-refractivity contribution in [2.45, 2.75) is 78.1 Å². The van der Waals surface area contributed by atoms with Gasteiger partial charge in [-0.25, -0.2) is 9.78 Å². The zero-order valence-electron chi connectivity index (χ0n) is 16.5. The van der Waals surface area contributed by atoms with Crippen molar-refractivity contribution in [2.24, 2.45) is 5.92 Å². The lowest BCUT2D eigenvalue weighted by Crippen LogP contribution is -2.11. The standard InChI is InChI=1S/C18H36O8/c1-5-6-7-8-9-10-11-12-13-14-15-20-24-26-25-21-16-17(2)18(3)22-23-19-4/h17H,3,5-16H2,1-2,4H3. The number of hydrogen-bond donors (Lipinski definition) is 0. The summed E-state index contributed by atoms with van der Waals surface area (Å²) in [6, 6.07) is 0. The lowest BCUT2D eigenvalue weighted by molar-refractivity contribution is -0.709. The Hall–Kier alpha value is -0.740. The topological polar surface area (TPSA) is 73.8 Å². The zero-order valence-corrected chi connectivity index (χ0v) is 16.5. The molecule has 156 valence electrons. The summed E-state index contributed by atoms with van der Waals surface area (Å²) in [5.74, 6) is 0.106. The Morgan fingerprint density at radius 2 is 1.35 bits per heavy atom. The molecule has 0 bridgehead atoms. The quantitative estimate of drug-likeness (QED) is 0.115. The summed E-state index contributed by atoms with van der Waals surface area (Å²) in [7, 11) is 1.32. The second kappa shape index (κ2) is 20.6. The predicted molar refractivity (Wildman–Crippen MR) is 94.5 cm³/mol. The van der Waals surface area contributed by atoms with Crippen LogP contribution in [0.2, 0.25) is 0 Å². The second-order valence-electron chi connectivity index (χ2n) is 6.18. The number of rotatable bonds is 21. The van der Waals surface area contributed by atoms with E-state index in [-0.39, 0.29) is 12.5 Å². The minimum Gasteiger partial charge on any atom is -0.313 e. The molecule has 0 N–H and O–H groups in total. The van der Waals surface area contributed by atoms with Crippen LogP contribution in [0.3, 0.4) is 0 Å². The van der Waals surface area contributed by atoms with Crippen molar-refractivity contribution in [1.82, 2.24) is 0 Å². The molecule has 0 saturated carbocycles. The van der Waals surface area contributed by atoms with Crippen LogP contribution in [-0.4, -0.2) is 20.3 Å². The minimum atomic E-state index is -0.207. The van der Waals surface area contributed by atoms with E-state index in [0.29, 0.717) is 12.4 Å². The van der Waals surface area contributed by atoms with Crippen molar-refractivity contribution in [1.29, 1.82) is 0 Å². The van der Waals surface area contributed by atoms with Crippen molar-refractivity contribution in [3.8, 4) is 0 Å². The molecule has 0 aromatic rings. The maximum atomic E-state index is 4.81. The van der Waals surface area contributed by atoms with E-state index in [1.54, 1.807) is 6.92 Å². The normalized spacial score (nSPS) is 12.3. The first kappa shape index (κ1) is 25.3. The lowest BCUT2D eigenvalue weighted by Gasteiger charge is -2.11. The maximum absolute atomic E-state index is 4.81. The van der Waals surface area contributed by atoms with Crippen molar-refractivity contribution >= 4 is 0 Å². The van der Waals surface area contributed by atoms with Gasteiger partial charge in [0.2, 0.25) is 0 Å². The van der Waals surface area contributed by atoms with Crippen LogP contribution in [0.1, 0.15) is 78.1 Å². The van der Waals surface area contributed by atoms with Crippen molar-refractivity contribution in [3.63, 3.8) is 0 Å². The van der Waals surface area contributed by atoms with Crippen molar-refractivity contribution in [2.75, 3.05) is 20.3 Å². The van der Waals surface area contributed by atoms with Gasteiger partial charge in [-0.05, 0) is 26.6 Å². The van der Waals surface area contributed by atoms with Crippen LogP contribution in [0.15, 0.2) is 12.3 Å². The third-order valence-corrected chi connectivity index (χ3v) is 3.81. The molecule has 0 aromatic carbocycles. The summed E-state index contributed by atoms with van der Waals surface area (Å²) < 4.78 is 0. The Kier molecular flexibility index (Phi) is 20.0. The van der Waals surface area contributed by atoms with E-state index < -0.39 is 0 Å². The molecule has 0 aromatic heterocycles. The molecular weight excluding hydrogens is 344 g/mol. The molecule has 26 heavy (non-hydrogen) atoms.